The van der Waals surface area contributed by atoms with E-state index in [2.05, 4.69) is 4.98 Å². The van der Waals surface area contributed by atoms with Gasteiger partial charge < -0.3 is 9.64 Å². The van der Waals surface area contributed by atoms with Crippen molar-refractivity contribution in [3.8, 4) is 5.75 Å². The van der Waals surface area contributed by atoms with Crippen molar-refractivity contribution >= 4 is 42.4 Å². The molecule has 0 aliphatic heterocycles. The van der Waals surface area contributed by atoms with Gasteiger partial charge in [-0.05, 0) is 82.9 Å². The smallest absolute Gasteiger partial charge is 0.228 e. The van der Waals surface area contributed by atoms with Gasteiger partial charge in [0, 0.05) is 13.0 Å². The van der Waals surface area contributed by atoms with Crippen LogP contribution in [0.25, 0.3) is 10.2 Å². The van der Waals surface area contributed by atoms with Gasteiger partial charge in [0.05, 0.1) is 27.5 Å². The second kappa shape index (κ2) is 11.7. The molecule has 0 fully saturated rings. The number of thiazole rings is 1. The number of anilines is 1. The number of hydrogen-bond donors (Lipinski definition) is 0. The Morgan fingerprint density at radius 1 is 1.09 bits per heavy atom. The molecule has 1 heterocycles. The van der Waals surface area contributed by atoms with Gasteiger partial charge in [0.25, 0.3) is 0 Å². The van der Waals surface area contributed by atoms with E-state index in [0.29, 0.717) is 18.3 Å². The largest absolute Gasteiger partial charge is 0.494 e. The van der Waals surface area contributed by atoms with Crippen molar-refractivity contribution < 1.29 is 22.3 Å². The Hall–Kier alpha value is -2.56. The number of hydrogen-bond acceptors (Lipinski definition) is 7. The van der Waals surface area contributed by atoms with E-state index in [1.54, 1.807) is 4.90 Å². The highest BCUT2D eigenvalue weighted by Crippen LogP contribution is 2.32. The van der Waals surface area contributed by atoms with Crippen molar-refractivity contribution in [1.82, 2.24) is 9.88 Å². The Morgan fingerprint density at radius 2 is 1.82 bits per heavy atom. The Kier molecular flexibility index (Phi) is 8.98. The van der Waals surface area contributed by atoms with E-state index in [9.17, 15) is 17.6 Å². The van der Waals surface area contributed by atoms with Gasteiger partial charge in [0.1, 0.15) is 11.6 Å². The summed E-state index contributed by atoms with van der Waals surface area (Å²) in [5, 5.41) is 0.591. The van der Waals surface area contributed by atoms with E-state index >= 15 is 0 Å². The molecule has 0 spiro atoms. The predicted octanol–water partition coefficient (Wildman–Crippen LogP) is 4.37. The Morgan fingerprint density at radius 3 is 2.50 bits per heavy atom. The summed E-state index contributed by atoms with van der Waals surface area (Å²) in [5.74, 6) is -0.0986. The topological polar surface area (TPSA) is 79.8 Å². The summed E-state index contributed by atoms with van der Waals surface area (Å²) in [6.07, 6.45) is 0.997. The Labute approximate surface area is 204 Å². The van der Waals surface area contributed by atoms with Crippen LogP contribution in [0.5, 0.6) is 5.75 Å². The van der Waals surface area contributed by atoms with Crippen molar-refractivity contribution in [3.63, 3.8) is 0 Å². The number of rotatable bonds is 12. The minimum Gasteiger partial charge on any atom is -0.494 e. The van der Waals surface area contributed by atoms with Gasteiger partial charge in [-0.2, -0.15) is 0 Å². The molecule has 3 rings (SSSR count). The van der Waals surface area contributed by atoms with Gasteiger partial charge in [-0.15, -0.1) is 0 Å². The summed E-state index contributed by atoms with van der Waals surface area (Å²) in [6, 6.07) is 10.4. The highest BCUT2D eigenvalue weighted by Gasteiger charge is 2.21. The number of carbonyl (C=O) groups is 1. The van der Waals surface area contributed by atoms with Crippen LogP contribution in [-0.2, 0) is 14.6 Å². The fourth-order valence-corrected chi connectivity index (χ4v) is 5.79. The van der Waals surface area contributed by atoms with Crippen LogP contribution in [0.4, 0.5) is 9.52 Å². The molecule has 0 N–H and O–H groups in total. The van der Waals surface area contributed by atoms with Crippen molar-refractivity contribution in [2.24, 2.45) is 0 Å². The van der Waals surface area contributed by atoms with Gasteiger partial charge in [-0.25, -0.2) is 17.8 Å². The number of fused-ring (bicyclic) bond motifs is 1. The third-order valence-corrected chi connectivity index (χ3v) is 8.01. The number of amides is 1. The first-order valence-corrected chi connectivity index (χ1v) is 13.6. The normalized spacial score (nSPS) is 11.8. The zero-order valence-electron chi connectivity index (χ0n) is 19.7. The number of aromatic nitrogens is 1. The van der Waals surface area contributed by atoms with Crippen LogP contribution < -0.4 is 9.64 Å². The summed E-state index contributed by atoms with van der Waals surface area (Å²) in [5.41, 5.74) is 0.785. The van der Waals surface area contributed by atoms with Gasteiger partial charge in [-0.3, -0.25) is 9.69 Å². The molecular weight excluding hydrogens is 477 g/mol. The SMILES string of the molecule is CCOc1ccc2nc(N(CCCN(C)C)C(=O)CCCS(=O)(=O)c3ccc(F)cc3)sc2c1. The highest BCUT2D eigenvalue weighted by molar-refractivity contribution is 7.91. The van der Waals surface area contributed by atoms with E-state index in [-0.39, 0.29) is 29.4 Å². The fraction of sp³-hybridized carbons (Fsp3) is 0.417. The molecule has 0 radical (unpaired) electrons. The number of nitrogens with zero attached hydrogens (tertiary/aromatic N) is 3. The zero-order chi connectivity index (χ0) is 24.7. The minimum absolute atomic E-state index is 0.0560. The summed E-state index contributed by atoms with van der Waals surface area (Å²) >= 11 is 1.42. The second-order valence-corrected chi connectivity index (χ2v) is 11.3. The molecule has 2 aromatic carbocycles. The van der Waals surface area contributed by atoms with E-state index in [4.69, 9.17) is 4.74 Å². The number of carbonyl (C=O) groups excluding carboxylic acids is 1. The van der Waals surface area contributed by atoms with Crippen LogP contribution in [0.1, 0.15) is 26.2 Å². The van der Waals surface area contributed by atoms with E-state index in [0.717, 1.165) is 41.1 Å². The molecule has 10 heteroatoms. The lowest BCUT2D eigenvalue weighted by molar-refractivity contribution is -0.118. The molecule has 0 atom stereocenters. The number of benzene rings is 2. The number of ether oxygens (including phenoxy) is 1. The predicted molar refractivity (Wildman–Crippen MR) is 134 cm³/mol. The van der Waals surface area contributed by atoms with Gasteiger partial charge in [0.2, 0.25) is 5.91 Å². The summed E-state index contributed by atoms with van der Waals surface area (Å²) in [4.78, 5) is 21.5. The molecule has 184 valence electrons. The third-order valence-electron chi connectivity index (χ3n) is 5.16. The van der Waals surface area contributed by atoms with Crippen LogP contribution in [0.3, 0.4) is 0 Å². The summed E-state index contributed by atoms with van der Waals surface area (Å²) < 4.78 is 44.7. The van der Waals surface area contributed by atoms with Crippen molar-refractivity contribution in [1.29, 1.82) is 0 Å². The minimum atomic E-state index is -3.59. The molecule has 0 aliphatic rings. The van der Waals surface area contributed by atoms with Crippen molar-refractivity contribution in [3.05, 3.63) is 48.3 Å². The maximum atomic E-state index is 13.1. The zero-order valence-corrected chi connectivity index (χ0v) is 21.3. The molecule has 0 unspecified atom stereocenters. The Bertz CT molecular complexity index is 1210. The highest BCUT2D eigenvalue weighted by atomic mass is 32.2. The average Bonchev–Trinajstić information content (AvgIpc) is 3.19. The first-order chi connectivity index (χ1) is 16.2. The fourth-order valence-electron chi connectivity index (χ4n) is 3.44. The second-order valence-electron chi connectivity index (χ2n) is 8.14. The van der Waals surface area contributed by atoms with Crippen LogP contribution >= 0.6 is 11.3 Å². The molecule has 0 saturated heterocycles. The molecule has 3 aromatic rings. The van der Waals surface area contributed by atoms with Gasteiger partial charge in [-0.1, -0.05) is 11.3 Å². The molecular formula is C24H30FN3O4S2. The molecule has 0 bridgehead atoms. The lowest BCUT2D eigenvalue weighted by Crippen LogP contribution is -2.33. The van der Waals surface area contributed by atoms with Crippen molar-refractivity contribution in [2.75, 3.05) is 44.4 Å². The average molecular weight is 508 g/mol. The maximum Gasteiger partial charge on any atom is 0.228 e. The molecule has 34 heavy (non-hydrogen) atoms. The molecule has 1 aromatic heterocycles. The first-order valence-electron chi connectivity index (χ1n) is 11.2. The number of halogens is 1. The van der Waals surface area contributed by atoms with Crippen LogP contribution in [0.2, 0.25) is 0 Å². The Balaban J connectivity index is 1.72. The standard InChI is InChI=1S/C24H30FN3O4S2/c1-4-32-19-10-13-21-22(17-19)33-24(26-21)28(15-6-14-27(2)3)23(29)7-5-16-34(30,31)20-11-8-18(25)9-12-20/h8-13,17H,4-7,14-16H2,1-3H3. The molecule has 7 nitrogen and oxygen atoms in total. The molecule has 0 saturated carbocycles. The maximum absolute atomic E-state index is 13.1. The molecule has 0 aliphatic carbocycles. The van der Waals surface area contributed by atoms with E-state index in [1.165, 1.54) is 23.5 Å². The summed E-state index contributed by atoms with van der Waals surface area (Å²) in [7, 11) is 0.350. The van der Waals surface area contributed by atoms with E-state index in [1.807, 2.05) is 44.1 Å². The van der Waals surface area contributed by atoms with E-state index < -0.39 is 15.7 Å². The monoisotopic (exact) mass is 507 g/mol. The quantitative estimate of drug-likeness (QED) is 0.339. The van der Waals surface area contributed by atoms with Gasteiger partial charge >= 0.3 is 0 Å². The van der Waals surface area contributed by atoms with Crippen LogP contribution in [0.15, 0.2) is 47.4 Å². The number of sulfone groups is 1. The summed E-state index contributed by atoms with van der Waals surface area (Å²) in [6.45, 7) is 3.78. The van der Waals surface area contributed by atoms with Gasteiger partial charge in [0.15, 0.2) is 15.0 Å². The van der Waals surface area contributed by atoms with Crippen LogP contribution in [-0.4, -0.2) is 63.8 Å². The lowest BCUT2D eigenvalue weighted by atomic mass is 10.3. The first kappa shape index (κ1) is 26.1. The third kappa shape index (κ3) is 6.97. The van der Waals surface area contributed by atoms with Crippen molar-refractivity contribution in [2.45, 2.75) is 31.1 Å². The lowest BCUT2D eigenvalue weighted by Gasteiger charge is -2.21. The van der Waals surface area contributed by atoms with Crippen LogP contribution in [0, 0.1) is 5.82 Å². The molecule has 1 amide bonds.